The molecule has 3 heterocycles. The number of benzene rings is 1. The van der Waals surface area contributed by atoms with Gasteiger partial charge in [-0.25, -0.2) is 9.18 Å². The van der Waals surface area contributed by atoms with Gasteiger partial charge in [-0.3, -0.25) is 19.5 Å². The second-order valence-corrected chi connectivity index (χ2v) is 7.11. The molecule has 9 heteroatoms. The number of nitrogens with zero attached hydrogens (tertiary/aromatic N) is 3. The van der Waals surface area contributed by atoms with E-state index in [1.54, 1.807) is 25.4 Å². The van der Waals surface area contributed by atoms with Crippen molar-refractivity contribution < 1.29 is 18.8 Å². The molecule has 2 N–H and O–H groups in total. The van der Waals surface area contributed by atoms with Gasteiger partial charge in [0.05, 0.1) is 36.1 Å². The Kier molecular flexibility index (Phi) is 5.18. The van der Waals surface area contributed by atoms with E-state index in [0.717, 1.165) is 0 Å². The van der Waals surface area contributed by atoms with Crippen LogP contribution in [0.15, 0.2) is 59.9 Å². The van der Waals surface area contributed by atoms with Crippen molar-refractivity contribution in [2.24, 2.45) is 0 Å². The summed E-state index contributed by atoms with van der Waals surface area (Å²) in [5.41, 5.74) is 2.24. The first kappa shape index (κ1) is 19.6. The Morgan fingerprint density at radius 2 is 2.00 bits per heavy atom. The van der Waals surface area contributed by atoms with E-state index in [-0.39, 0.29) is 37.5 Å². The van der Waals surface area contributed by atoms with E-state index in [4.69, 9.17) is 0 Å². The fourth-order valence-corrected chi connectivity index (χ4v) is 3.58. The van der Waals surface area contributed by atoms with Crippen molar-refractivity contribution in [2.75, 3.05) is 20.1 Å². The minimum Gasteiger partial charge on any atom is -0.349 e. The highest BCUT2D eigenvalue weighted by Crippen LogP contribution is 2.35. The Bertz CT molecular complexity index is 1020. The number of amides is 4. The van der Waals surface area contributed by atoms with Crippen LogP contribution in [0.5, 0.6) is 0 Å². The average molecular weight is 409 g/mol. The van der Waals surface area contributed by atoms with Gasteiger partial charge in [0.15, 0.2) is 0 Å². The SMILES string of the molecule is CN1C(=O)NC(c2ccc(F)cc2)C2=C1CN(CC(=O)NCc1ccccn1)C2=O. The van der Waals surface area contributed by atoms with E-state index in [9.17, 15) is 18.8 Å². The summed E-state index contributed by atoms with van der Waals surface area (Å²) in [7, 11) is 1.57. The van der Waals surface area contributed by atoms with E-state index in [2.05, 4.69) is 15.6 Å². The molecule has 0 saturated carbocycles. The maximum absolute atomic E-state index is 13.3. The van der Waals surface area contributed by atoms with Gasteiger partial charge >= 0.3 is 6.03 Å². The van der Waals surface area contributed by atoms with Crippen molar-refractivity contribution in [3.63, 3.8) is 0 Å². The minimum absolute atomic E-state index is 0.142. The number of aromatic nitrogens is 1. The molecule has 1 aromatic heterocycles. The van der Waals surface area contributed by atoms with Gasteiger partial charge in [0.25, 0.3) is 5.91 Å². The molecule has 0 fully saturated rings. The van der Waals surface area contributed by atoms with E-state index in [1.807, 2.05) is 6.07 Å². The lowest BCUT2D eigenvalue weighted by Gasteiger charge is -2.31. The van der Waals surface area contributed by atoms with E-state index < -0.39 is 11.9 Å². The van der Waals surface area contributed by atoms with Gasteiger partial charge in [-0.1, -0.05) is 18.2 Å². The average Bonchev–Trinajstić information content (AvgIpc) is 3.07. The normalized spacial score (nSPS) is 18.4. The maximum Gasteiger partial charge on any atom is 0.322 e. The molecule has 4 rings (SSSR count). The van der Waals surface area contributed by atoms with Crippen LogP contribution >= 0.6 is 0 Å². The van der Waals surface area contributed by atoms with Crippen LogP contribution in [0.2, 0.25) is 0 Å². The standard InChI is InChI=1S/C21H20FN5O3/c1-26-16-11-27(12-17(28)24-10-15-4-2-3-9-23-15)20(29)18(16)19(25-21(26)30)13-5-7-14(22)8-6-13/h2-9,19H,10-12H2,1H3,(H,24,28)(H,25,30). The lowest BCUT2D eigenvalue weighted by atomic mass is 9.96. The number of nitrogens with one attached hydrogen (secondary N) is 2. The molecule has 0 bridgehead atoms. The third-order valence-electron chi connectivity index (χ3n) is 5.17. The number of halogens is 1. The zero-order valence-electron chi connectivity index (χ0n) is 16.3. The maximum atomic E-state index is 13.3. The second-order valence-electron chi connectivity index (χ2n) is 7.11. The summed E-state index contributed by atoms with van der Waals surface area (Å²) in [6.07, 6.45) is 1.64. The van der Waals surface area contributed by atoms with Gasteiger partial charge < -0.3 is 15.5 Å². The molecule has 0 aliphatic carbocycles. The Labute approximate surface area is 172 Å². The summed E-state index contributed by atoms with van der Waals surface area (Å²) >= 11 is 0. The summed E-state index contributed by atoms with van der Waals surface area (Å²) in [5.74, 6) is -1.07. The molecule has 154 valence electrons. The lowest BCUT2D eigenvalue weighted by molar-refractivity contribution is -0.132. The summed E-state index contributed by atoms with van der Waals surface area (Å²) in [5, 5.41) is 5.52. The molecule has 1 atom stereocenters. The smallest absolute Gasteiger partial charge is 0.322 e. The first-order chi connectivity index (χ1) is 14.4. The highest BCUT2D eigenvalue weighted by Gasteiger charge is 2.43. The number of likely N-dealkylation sites (N-methyl/N-ethyl adjacent to an activating group) is 1. The van der Waals surface area contributed by atoms with Gasteiger partial charge in [0.1, 0.15) is 12.4 Å². The van der Waals surface area contributed by atoms with E-state index in [0.29, 0.717) is 22.5 Å². The summed E-state index contributed by atoms with van der Waals surface area (Å²) < 4.78 is 13.3. The van der Waals surface area contributed by atoms with Gasteiger partial charge in [-0.05, 0) is 29.8 Å². The summed E-state index contributed by atoms with van der Waals surface area (Å²) in [6, 6.07) is 9.97. The Morgan fingerprint density at radius 3 is 2.70 bits per heavy atom. The van der Waals surface area contributed by atoms with Crippen molar-refractivity contribution in [2.45, 2.75) is 12.6 Å². The van der Waals surface area contributed by atoms with Crippen molar-refractivity contribution in [3.8, 4) is 0 Å². The zero-order valence-corrected chi connectivity index (χ0v) is 16.3. The molecule has 2 aliphatic heterocycles. The Morgan fingerprint density at radius 1 is 1.23 bits per heavy atom. The van der Waals surface area contributed by atoms with Crippen molar-refractivity contribution >= 4 is 17.8 Å². The highest BCUT2D eigenvalue weighted by atomic mass is 19.1. The van der Waals surface area contributed by atoms with Crippen LogP contribution in [0, 0.1) is 5.82 Å². The first-order valence-electron chi connectivity index (χ1n) is 9.42. The van der Waals surface area contributed by atoms with Crippen molar-refractivity contribution in [1.29, 1.82) is 0 Å². The van der Waals surface area contributed by atoms with E-state index >= 15 is 0 Å². The number of hydrogen-bond acceptors (Lipinski definition) is 4. The molecule has 8 nitrogen and oxygen atoms in total. The molecule has 1 unspecified atom stereocenters. The molecule has 1 aromatic carbocycles. The predicted octanol–water partition coefficient (Wildman–Crippen LogP) is 1.33. The van der Waals surface area contributed by atoms with Crippen molar-refractivity contribution in [1.82, 2.24) is 25.4 Å². The fourth-order valence-electron chi connectivity index (χ4n) is 3.58. The fraction of sp³-hybridized carbons (Fsp3) is 0.238. The number of carbonyl (C=O) groups is 3. The van der Waals surface area contributed by atoms with Gasteiger partial charge in [-0.15, -0.1) is 0 Å². The Hall–Kier alpha value is -3.75. The summed E-state index contributed by atoms with van der Waals surface area (Å²) in [4.78, 5) is 44.7. The zero-order chi connectivity index (χ0) is 21.3. The third kappa shape index (κ3) is 3.73. The van der Waals surface area contributed by atoms with Crippen LogP contribution in [0.25, 0.3) is 0 Å². The second kappa shape index (κ2) is 7.94. The number of rotatable bonds is 5. The van der Waals surface area contributed by atoms with Gasteiger partial charge in [-0.2, -0.15) is 0 Å². The highest BCUT2D eigenvalue weighted by molar-refractivity contribution is 6.02. The molecule has 30 heavy (non-hydrogen) atoms. The molecule has 0 radical (unpaired) electrons. The first-order valence-corrected chi connectivity index (χ1v) is 9.42. The number of urea groups is 1. The molecule has 4 amide bonds. The van der Waals surface area contributed by atoms with Crippen LogP contribution in [-0.2, 0) is 16.1 Å². The largest absolute Gasteiger partial charge is 0.349 e. The van der Waals surface area contributed by atoms with Gasteiger partial charge in [0.2, 0.25) is 5.91 Å². The van der Waals surface area contributed by atoms with Crippen LogP contribution in [0.1, 0.15) is 17.3 Å². The molecular formula is C21H20FN5O3. The topological polar surface area (TPSA) is 94.6 Å². The van der Waals surface area contributed by atoms with Crippen LogP contribution in [0.3, 0.4) is 0 Å². The third-order valence-corrected chi connectivity index (χ3v) is 5.17. The predicted molar refractivity (Wildman–Crippen MR) is 105 cm³/mol. The van der Waals surface area contributed by atoms with Crippen LogP contribution in [0.4, 0.5) is 9.18 Å². The molecule has 2 aliphatic rings. The molecular weight excluding hydrogens is 389 g/mol. The van der Waals surface area contributed by atoms with Gasteiger partial charge in [0, 0.05) is 13.2 Å². The number of hydrogen-bond donors (Lipinski definition) is 2. The number of pyridine rings is 1. The molecule has 0 spiro atoms. The molecule has 2 aromatic rings. The molecule has 0 saturated heterocycles. The van der Waals surface area contributed by atoms with Crippen LogP contribution < -0.4 is 10.6 Å². The monoisotopic (exact) mass is 409 g/mol. The Balaban J connectivity index is 1.49. The van der Waals surface area contributed by atoms with Crippen LogP contribution in [-0.4, -0.2) is 52.8 Å². The minimum atomic E-state index is -0.696. The number of carbonyl (C=O) groups excluding carboxylic acids is 3. The quantitative estimate of drug-likeness (QED) is 0.779. The van der Waals surface area contributed by atoms with Crippen molar-refractivity contribution in [3.05, 3.63) is 77.0 Å². The summed E-state index contributed by atoms with van der Waals surface area (Å²) in [6.45, 7) is 0.261. The lowest BCUT2D eigenvalue weighted by Crippen LogP contribution is -2.45. The van der Waals surface area contributed by atoms with E-state index in [1.165, 1.54) is 34.1 Å².